The molecule has 1 unspecified atom stereocenters. The van der Waals surface area contributed by atoms with Crippen molar-refractivity contribution in [1.29, 1.82) is 0 Å². The van der Waals surface area contributed by atoms with Gasteiger partial charge in [-0.2, -0.15) is 0 Å². The summed E-state index contributed by atoms with van der Waals surface area (Å²) in [4.78, 5) is 28.4. The molecule has 2 aromatic rings. The quantitative estimate of drug-likeness (QED) is 0.813. The molecule has 2 aliphatic heterocycles. The second kappa shape index (κ2) is 6.49. The van der Waals surface area contributed by atoms with Crippen LogP contribution >= 0.6 is 0 Å². The SMILES string of the molecule is Cc1cc(C(=O)N2CCC3(C2)CN(c2cccc(F)c2)C(=O)CO3)c(C)o1. The molecule has 142 valence electrons. The highest BCUT2D eigenvalue weighted by Crippen LogP contribution is 2.33. The standard InChI is InChI=1S/C20H21FN2O4/c1-13-8-17(14(2)27-13)19(25)22-7-6-20(11-22)12-23(18(24)10-26-20)16-5-3-4-15(21)9-16/h3-5,8-9H,6-7,10-12H2,1-2H3. The Balaban J connectivity index is 1.53. The van der Waals surface area contributed by atoms with Crippen LogP contribution in [0.15, 0.2) is 34.7 Å². The Morgan fingerprint density at radius 3 is 2.74 bits per heavy atom. The van der Waals surface area contributed by atoms with Gasteiger partial charge < -0.3 is 19.0 Å². The van der Waals surface area contributed by atoms with E-state index in [0.29, 0.717) is 48.8 Å². The van der Waals surface area contributed by atoms with Gasteiger partial charge >= 0.3 is 0 Å². The molecule has 0 bridgehead atoms. The average Bonchev–Trinajstić information content (AvgIpc) is 3.20. The van der Waals surface area contributed by atoms with Gasteiger partial charge in [-0.3, -0.25) is 9.59 Å². The van der Waals surface area contributed by atoms with Crippen LogP contribution in [0.1, 0.15) is 28.3 Å². The molecule has 4 rings (SSSR count). The zero-order valence-electron chi connectivity index (χ0n) is 15.3. The smallest absolute Gasteiger partial charge is 0.257 e. The van der Waals surface area contributed by atoms with E-state index in [4.69, 9.17) is 9.15 Å². The first-order chi connectivity index (χ1) is 12.9. The molecule has 6 nitrogen and oxygen atoms in total. The number of ether oxygens (including phenoxy) is 1. The number of nitrogens with zero attached hydrogens (tertiary/aromatic N) is 2. The third-order valence-electron chi connectivity index (χ3n) is 5.24. The zero-order valence-corrected chi connectivity index (χ0v) is 15.3. The van der Waals surface area contributed by atoms with Gasteiger partial charge in [0.2, 0.25) is 0 Å². The first kappa shape index (κ1) is 17.7. The molecule has 0 aliphatic carbocycles. The molecule has 2 saturated heterocycles. The number of likely N-dealkylation sites (tertiary alicyclic amines) is 1. The Morgan fingerprint density at radius 2 is 2.04 bits per heavy atom. The van der Waals surface area contributed by atoms with Crippen molar-refractivity contribution >= 4 is 17.5 Å². The van der Waals surface area contributed by atoms with Gasteiger partial charge in [0, 0.05) is 12.2 Å². The van der Waals surface area contributed by atoms with Crippen LogP contribution in [0, 0.1) is 19.7 Å². The van der Waals surface area contributed by atoms with Gasteiger partial charge in [0.05, 0.1) is 18.7 Å². The van der Waals surface area contributed by atoms with Gasteiger partial charge in [0.25, 0.3) is 11.8 Å². The summed E-state index contributed by atoms with van der Waals surface area (Å²) in [5.74, 6) is 0.590. The van der Waals surface area contributed by atoms with Gasteiger partial charge in [0.1, 0.15) is 29.5 Å². The fourth-order valence-electron chi connectivity index (χ4n) is 3.87. The van der Waals surface area contributed by atoms with E-state index in [1.165, 1.54) is 12.1 Å². The summed E-state index contributed by atoms with van der Waals surface area (Å²) in [7, 11) is 0. The minimum atomic E-state index is -0.636. The van der Waals surface area contributed by atoms with E-state index in [-0.39, 0.29) is 18.4 Å². The van der Waals surface area contributed by atoms with Crippen LogP contribution in [0.2, 0.25) is 0 Å². The summed E-state index contributed by atoms with van der Waals surface area (Å²) < 4.78 is 24.9. The molecular weight excluding hydrogens is 351 g/mol. The lowest BCUT2D eigenvalue weighted by atomic mass is 10.00. The molecule has 3 heterocycles. The highest BCUT2D eigenvalue weighted by molar-refractivity contribution is 5.96. The molecule has 2 amide bonds. The Hall–Kier alpha value is -2.67. The van der Waals surface area contributed by atoms with Crippen LogP contribution in [0.4, 0.5) is 10.1 Å². The predicted octanol–water partition coefficient (Wildman–Crippen LogP) is 2.68. The van der Waals surface area contributed by atoms with Crippen molar-refractivity contribution in [2.75, 3.05) is 31.1 Å². The second-order valence-electron chi connectivity index (χ2n) is 7.24. The predicted molar refractivity (Wildman–Crippen MR) is 96.1 cm³/mol. The molecule has 1 spiro atoms. The minimum absolute atomic E-state index is 0.0810. The van der Waals surface area contributed by atoms with E-state index in [9.17, 15) is 14.0 Å². The molecule has 2 fully saturated rings. The molecule has 1 aromatic heterocycles. The molecule has 1 atom stereocenters. The third-order valence-corrected chi connectivity index (χ3v) is 5.24. The number of carbonyl (C=O) groups excluding carboxylic acids is 2. The third kappa shape index (κ3) is 3.23. The van der Waals surface area contributed by atoms with E-state index in [1.54, 1.807) is 34.9 Å². The molecule has 1 aromatic carbocycles. The number of amides is 2. The lowest BCUT2D eigenvalue weighted by Crippen LogP contribution is -2.56. The zero-order chi connectivity index (χ0) is 19.2. The van der Waals surface area contributed by atoms with Crippen molar-refractivity contribution in [3.8, 4) is 0 Å². The summed E-state index contributed by atoms with van der Waals surface area (Å²) in [6.07, 6.45) is 0.619. The maximum atomic E-state index is 13.6. The number of hydrogen-bond acceptors (Lipinski definition) is 4. The number of aryl methyl sites for hydroxylation is 2. The number of morpholine rings is 1. The number of furan rings is 1. The highest BCUT2D eigenvalue weighted by atomic mass is 19.1. The Morgan fingerprint density at radius 1 is 1.22 bits per heavy atom. The van der Waals surface area contributed by atoms with E-state index in [1.807, 2.05) is 6.92 Å². The van der Waals surface area contributed by atoms with Crippen LogP contribution in [-0.4, -0.2) is 48.6 Å². The summed E-state index contributed by atoms with van der Waals surface area (Å²) in [6, 6.07) is 7.71. The Bertz CT molecular complexity index is 909. The van der Waals surface area contributed by atoms with Crippen LogP contribution < -0.4 is 4.90 Å². The van der Waals surface area contributed by atoms with Gasteiger partial charge in [-0.05, 0) is 44.5 Å². The number of rotatable bonds is 2. The fourth-order valence-corrected chi connectivity index (χ4v) is 3.87. The maximum Gasteiger partial charge on any atom is 0.257 e. The lowest BCUT2D eigenvalue weighted by molar-refractivity contribution is -0.137. The second-order valence-corrected chi connectivity index (χ2v) is 7.24. The van der Waals surface area contributed by atoms with Crippen molar-refractivity contribution in [1.82, 2.24) is 4.90 Å². The number of benzene rings is 1. The normalized spacial score (nSPS) is 22.7. The first-order valence-electron chi connectivity index (χ1n) is 8.93. The number of anilines is 1. The van der Waals surface area contributed by atoms with E-state index in [2.05, 4.69) is 0 Å². The Kier molecular flexibility index (Phi) is 4.26. The van der Waals surface area contributed by atoms with Crippen LogP contribution in [0.5, 0.6) is 0 Å². The van der Waals surface area contributed by atoms with Crippen molar-refractivity contribution < 1.29 is 23.1 Å². The molecule has 0 N–H and O–H groups in total. The van der Waals surface area contributed by atoms with E-state index in [0.717, 1.165) is 0 Å². The monoisotopic (exact) mass is 372 g/mol. The largest absolute Gasteiger partial charge is 0.466 e. The minimum Gasteiger partial charge on any atom is -0.466 e. The molecular formula is C20H21FN2O4. The van der Waals surface area contributed by atoms with E-state index < -0.39 is 11.4 Å². The number of hydrogen-bond donors (Lipinski definition) is 0. The van der Waals surface area contributed by atoms with Gasteiger partial charge in [-0.1, -0.05) is 6.07 Å². The van der Waals surface area contributed by atoms with Crippen molar-refractivity contribution in [3.05, 3.63) is 53.2 Å². The number of halogens is 1. The van der Waals surface area contributed by atoms with Gasteiger partial charge in [-0.15, -0.1) is 0 Å². The molecule has 27 heavy (non-hydrogen) atoms. The van der Waals surface area contributed by atoms with Gasteiger partial charge in [-0.25, -0.2) is 4.39 Å². The average molecular weight is 372 g/mol. The molecule has 0 saturated carbocycles. The molecule has 0 radical (unpaired) electrons. The van der Waals surface area contributed by atoms with Crippen molar-refractivity contribution in [2.45, 2.75) is 25.9 Å². The van der Waals surface area contributed by atoms with Crippen LogP contribution in [-0.2, 0) is 9.53 Å². The Labute approximate surface area is 156 Å². The first-order valence-corrected chi connectivity index (χ1v) is 8.93. The summed E-state index contributed by atoms with van der Waals surface area (Å²) >= 11 is 0. The van der Waals surface area contributed by atoms with Gasteiger partial charge in [0.15, 0.2) is 0 Å². The lowest BCUT2D eigenvalue weighted by Gasteiger charge is -2.40. The molecule has 7 heteroatoms. The van der Waals surface area contributed by atoms with Crippen LogP contribution in [0.3, 0.4) is 0 Å². The highest BCUT2D eigenvalue weighted by Gasteiger charge is 2.47. The maximum absolute atomic E-state index is 13.6. The summed E-state index contributed by atoms with van der Waals surface area (Å²) in [5.41, 5.74) is 0.426. The fraction of sp³-hybridized carbons (Fsp3) is 0.400. The van der Waals surface area contributed by atoms with Crippen molar-refractivity contribution in [2.24, 2.45) is 0 Å². The summed E-state index contributed by atoms with van der Waals surface area (Å²) in [5, 5.41) is 0. The number of carbonyl (C=O) groups is 2. The topological polar surface area (TPSA) is 63.0 Å². The summed E-state index contributed by atoms with van der Waals surface area (Å²) in [6.45, 7) is 4.71. The van der Waals surface area contributed by atoms with Crippen LogP contribution in [0.25, 0.3) is 0 Å². The molecule has 2 aliphatic rings. The van der Waals surface area contributed by atoms with E-state index >= 15 is 0 Å². The van der Waals surface area contributed by atoms with Crippen molar-refractivity contribution in [3.63, 3.8) is 0 Å².